The fourth-order valence-electron chi connectivity index (χ4n) is 2.85. The van der Waals surface area contributed by atoms with E-state index in [1.807, 2.05) is 55.5 Å². The summed E-state index contributed by atoms with van der Waals surface area (Å²) in [6.45, 7) is 4.16. The average molecular weight is 391 g/mol. The molecule has 0 saturated carbocycles. The summed E-state index contributed by atoms with van der Waals surface area (Å²) in [7, 11) is 1.67. The van der Waals surface area contributed by atoms with E-state index in [2.05, 4.69) is 32.0 Å². The van der Waals surface area contributed by atoms with Gasteiger partial charge in [-0.2, -0.15) is 4.98 Å². The minimum Gasteiger partial charge on any atom is -0.497 e. The van der Waals surface area contributed by atoms with Gasteiger partial charge in [-0.05, 0) is 55.3 Å². The van der Waals surface area contributed by atoms with Crippen molar-refractivity contribution in [1.29, 1.82) is 0 Å². The molecule has 150 valence electrons. The number of anilines is 4. The highest BCUT2D eigenvalue weighted by atomic mass is 16.5. The highest BCUT2D eigenvalue weighted by molar-refractivity contribution is 5.88. The molecule has 0 aliphatic heterocycles. The fourth-order valence-corrected chi connectivity index (χ4v) is 2.85. The Hall–Kier alpha value is -3.61. The minimum absolute atomic E-state index is 0.0996. The van der Waals surface area contributed by atoms with E-state index in [9.17, 15) is 4.79 Å². The van der Waals surface area contributed by atoms with Crippen LogP contribution in [0.15, 0.2) is 54.6 Å². The van der Waals surface area contributed by atoms with Crippen molar-refractivity contribution in [2.75, 3.05) is 29.6 Å². The predicted octanol–water partition coefficient (Wildman–Crippen LogP) is 4.15. The van der Waals surface area contributed by atoms with Crippen LogP contribution in [0.25, 0.3) is 0 Å². The Bertz CT molecular complexity index is 973. The predicted molar refractivity (Wildman–Crippen MR) is 116 cm³/mol. The van der Waals surface area contributed by atoms with Crippen LogP contribution in [-0.2, 0) is 11.2 Å². The van der Waals surface area contributed by atoms with Crippen molar-refractivity contribution >= 4 is 29.0 Å². The molecule has 0 bridgehead atoms. The summed E-state index contributed by atoms with van der Waals surface area (Å²) in [6.07, 6.45) is 0.855. The molecule has 1 amide bonds. The van der Waals surface area contributed by atoms with E-state index in [1.165, 1.54) is 12.5 Å². The highest BCUT2D eigenvalue weighted by Gasteiger charge is 2.04. The van der Waals surface area contributed by atoms with Gasteiger partial charge in [0.2, 0.25) is 11.9 Å². The van der Waals surface area contributed by atoms with Crippen molar-refractivity contribution < 1.29 is 9.53 Å². The monoisotopic (exact) mass is 391 g/mol. The Balaban J connectivity index is 1.61. The number of rotatable bonds is 8. The summed E-state index contributed by atoms with van der Waals surface area (Å²) >= 11 is 0. The molecule has 29 heavy (non-hydrogen) atoms. The van der Waals surface area contributed by atoms with Crippen LogP contribution in [0, 0.1) is 6.92 Å². The molecule has 0 atom stereocenters. The molecule has 0 unspecified atom stereocenters. The molecule has 7 nitrogen and oxygen atoms in total. The van der Waals surface area contributed by atoms with Crippen molar-refractivity contribution in [3.05, 3.63) is 65.9 Å². The number of benzene rings is 2. The van der Waals surface area contributed by atoms with E-state index < -0.39 is 0 Å². The lowest BCUT2D eigenvalue weighted by molar-refractivity contribution is -0.114. The normalized spacial score (nSPS) is 10.3. The van der Waals surface area contributed by atoms with Crippen LogP contribution < -0.4 is 20.7 Å². The Morgan fingerprint density at radius 1 is 1.03 bits per heavy atom. The summed E-state index contributed by atoms with van der Waals surface area (Å²) in [5.74, 6) is 2.03. The molecular weight excluding hydrogens is 366 g/mol. The smallest absolute Gasteiger partial charge is 0.229 e. The molecule has 3 rings (SSSR count). The zero-order valence-corrected chi connectivity index (χ0v) is 16.8. The lowest BCUT2D eigenvalue weighted by atomic mass is 10.1. The van der Waals surface area contributed by atoms with E-state index in [1.54, 1.807) is 7.11 Å². The molecule has 0 saturated heterocycles. The molecule has 7 heteroatoms. The maximum atomic E-state index is 11.1. The number of aromatic nitrogens is 2. The number of ether oxygens (including phenoxy) is 1. The van der Waals surface area contributed by atoms with Crippen LogP contribution in [0.1, 0.15) is 18.2 Å². The molecule has 0 aliphatic carbocycles. The number of hydrogen-bond acceptors (Lipinski definition) is 6. The van der Waals surface area contributed by atoms with E-state index in [4.69, 9.17) is 4.74 Å². The van der Waals surface area contributed by atoms with Crippen molar-refractivity contribution in [2.24, 2.45) is 0 Å². The van der Waals surface area contributed by atoms with Crippen molar-refractivity contribution in [3.63, 3.8) is 0 Å². The van der Waals surface area contributed by atoms with Crippen LogP contribution in [0.5, 0.6) is 5.75 Å². The second kappa shape index (κ2) is 9.54. The quantitative estimate of drug-likeness (QED) is 0.535. The fraction of sp³-hybridized carbons (Fsp3) is 0.227. The Morgan fingerprint density at radius 2 is 1.79 bits per heavy atom. The van der Waals surface area contributed by atoms with Gasteiger partial charge in [-0.1, -0.05) is 12.1 Å². The van der Waals surface area contributed by atoms with Crippen LogP contribution in [0.2, 0.25) is 0 Å². The Labute approximate surface area is 170 Å². The average Bonchev–Trinajstić information content (AvgIpc) is 2.69. The summed E-state index contributed by atoms with van der Waals surface area (Å²) < 4.78 is 5.26. The molecule has 3 aromatic rings. The third-order valence-electron chi connectivity index (χ3n) is 4.17. The topological polar surface area (TPSA) is 88.2 Å². The molecule has 0 aliphatic rings. The SMILES string of the molecule is COc1cccc(CCNc2cc(C)nc(Nc3ccc(NC(C)=O)cc3)n2)c1. The first-order valence-corrected chi connectivity index (χ1v) is 9.39. The summed E-state index contributed by atoms with van der Waals surface area (Å²) in [5.41, 5.74) is 3.64. The summed E-state index contributed by atoms with van der Waals surface area (Å²) in [5, 5.41) is 9.29. The minimum atomic E-state index is -0.0996. The van der Waals surface area contributed by atoms with Crippen LogP contribution in [0.3, 0.4) is 0 Å². The molecular formula is C22H25N5O2. The van der Waals surface area contributed by atoms with Gasteiger partial charge in [0.1, 0.15) is 11.6 Å². The number of nitrogens with one attached hydrogen (secondary N) is 3. The van der Waals surface area contributed by atoms with Gasteiger partial charge >= 0.3 is 0 Å². The van der Waals surface area contributed by atoms with E-state index >= 15 is 0 Å². The number of amides is 1. The molecule has 2 aromatic carbocycles. The van der Waals surface area contributed by atoms with Crippen molar-refractivity contribution in [1.82, 2.24) is 9.97 Å². The Kier molecular flexibility index (Phi) is 6.63. The highest BCUT2D eigenvalue weighted by Crippen LogP contribution is 2.19. The van der Waals surface area contributed by atoms with Crippen molar-refractivity contribution in [2.45, 2.75) is 20.3 Å². The van der Waals surface area contributed by atoms with Gasteiger partial charge < -0.3 is 20.7 Å². The molecule has 0 spiro atoms. The maximum Gasteiger partial charge on any atom is 0.229 e. The molecule has 0 fully saturated rings. The Morgan fingerprint density at radius 3 is 2.52 bits per heavy atom. The van der Waals surface area contributed by atoms with Gasteiger partial charge in [0.25, 0.3) is 0 Å². The first-order chi connectivity index (χ1) is 14.0. The van der Waals surface area contributed by atoms with Gasteiger partial charge in [0, 0.05) is 36.6 Å². The van der Waals surface area contributed by atoms with Gasteiger partial charge in [-0.3, -0.25) is 4.79 Å². The van der Waals surface area contributed by atoms with E-state index in [0.717, 1.165) is 41.6 Å². The number of methoxy groups -OCH3 is 1. The van der Waals surface area contributed by atoms with Gasteiger partial charge in [-0.15, -0.1) is 0 Å². The van der Waals surface area contributed by atoms with Crippen LogP contribution in [-0.4, -0.2) is 29.5 Å². The lowest BCUT2D eigenvalue weighted by Crippen LogP contribution is -2.09. The summed E-state index contributed by atoms with van der Waals surface area (Å²) in [4.78, 5) is 20.1. The third-order valence-corrected chi connectivity index (χ3v) is 4.17. The molecule has 1 heterocycles. The van der Waals surface area contributed by atoms with Crippen molar-refractivity contribution in [3.8, 4) is 5.75 Å². The zero-order valence-electron chi connectivity index (χ0n) is 16.8. The maximum absolute atomic E-state index is 11.1. The van der Waals surface area contributed by atoms with Gasteiger partial charge in [0.05, 0.1) is 7.11 Å². The van der Waals surface area contributed by atoms with Crippen LogP contribution in [0.4, 0.5) is 23.1 Å². The standard InChI is InChI=1S/C22H25N5O2/c1-15-13-21(23-12-11-17-5-4-6-20(14-17)29-3)27-22(24-15)26-19-9-7-18(8-10-19)25-16(2)28/h4-10,13-14H,11-12H2,1-3H3,(H,25,28)(H2,23,24,26,27). The third kappa shape index (κ3) is 6.21. The largest absolute Gasteiger partial charge is 0.497 e. The number of hydrogen-bond donors (Lipinski definition) is 3. The zero-order chi connectivity index (χ0) is 20.6. The summed E-state index contributed by atoms with van der Waals surface area (Å²) in [6, 6.07) is 17.3. The number of carbonyl (C=O) groups excluding carboxylic acids is 1. The van der Waals surface area contributed by atoms with Gasteiger partial charge in [-0.25, -0.2) is 4.98 Å². The van der Waals surface area contributed by atoms with E-state index in [-0.39, 0.29) is 5.91 Å². The molecule has 0 radical (unpaired) electrons. The first kappa shape index (κ1) is 20.1. The van der Waals surface area contributed by atoms with Gasteiger partial charge in [0.15, 0.2) is 0 Å². The second-order valence-electron chi connectivity index (χ2n) is 6.63. The van der Waals surface area contributed by atoms with Crippen LogP contribution >= 0.6 is 0 Å². The lowest BCUT2D eigenvalue weighted by Gasteiger charge is -2.11. The molecule has 3 N–H and O–H groups in total. The van der Waals surface area contributed by atoms with E-state index in [0.29, 0.717) is 5.95 Å². The molecule has 1 aromatic heterocycles. The number of carbonyl (C=O) groups is 1. The number of nitrogens with zero attached hydrogens (tertiary/aromatic N) is 2. The second-order valence-corrected chi connectivity index (χ2v) is 6.63. The number of aryl methyl sites for hydroxylation is 1. The first-order valence-electron chi connectivity index (χ1n) is 9.39.